The molecule has 0 radical (unpaired) electrons. The van der Waals surface area contributed by atoms with Crippen LogP contribution in [0.15, 0.2) is 61.3 Å². The highest BCUT2D eigenvalue weighted by atomic mass is 28.3. The van der Waals surface area contributed by atoms with Crippen LogP contribution < -0.4 is 25.5 Å². The van der Waals surface area contributed by atoms with Crippen molar-refractivity contribution in [3.63, 3.8) is 0 Å². The predicted molar refractivity (Wildman–Crippen MR) is 188 cm³/mol. The number of amides is 2. The van der Waals surface area contributed by atoms with E-state index in [0.29, 0.717) is 38.2 Å². The first-order valence-corrected chi connectivity index (χ1v) is 20.1. The lowest BCUT2D eigenvalue weighted by molar-refractivity contribution is -0.145. The zero-order valence-electron chi connectivity index (χ0n) is 28.4. The van der Waals surface area contributed by atoms with Crippen molar-refractivity contribution in [3.8, 4) is 5.75 Å². The standard InChI is InChI=1S/C36H48N6O5Si/c1-6-18-42-31-14-9-26(38-34(44)25-8-7-17-37-22-25)21-30(31)36(35(42)45)24(2)33(48(4,5)29-12-10-28(46-3)11-13-29)32(47-36)15-19-41-23-27(16-20-43)39-40-41/h6,9-14,21,23-25,32-33,37,43H,1,7-8,15-20,22H2,2-5H3,(H,38,44)/t24-,25?,32+,33-,36+/m0/s1. The van der Waals surface area contributed by atoms with Crippen molar-refractivity contribution in [1.29, 1.82) is 0 Å². The Balaban J connectivity index is 1.40. The average molecular weight is 673 g/mol. The molecule has 5 atom stereocenters. The quantitative estimate of drug-likeness (QED) is 0.197. The Kier molecular flexibility index (Phi) is 9.89. The van der Waals surface area contributed by atoms with Crippen LogP contribution in [0.2, 0.25) is 18.6 Å². The van der Waals surface area contributed by atoms with Crippen molar-refractivity contribution in [3.05, 3.63) is 72.6 Å². The molecule has 0 aliphatic carbocycles. The molecule has 1 unspecified atom stereocenters. The number of carbonyl (C=O) groups excluding carboxylic acids is 2. The van der Waals surface area contributed by atoms with Gasteiger partial charge in [0.05, 0.1) is 38.6 Å². The van der Waals surface area contributed by atoms with E-state index in [1.807, 2.05) is 36.5 Å². The van der Waals surface area contributed by atoms with Crippen molar-refractivity contribution < 1.29 is 24.2 Å². The molecule has 6 rings (SSSR count). The van der Waals surface area contributed by atoms with Crippen LogP contribution in [0.1, 0.15) is 37.4 Å². The van der Waals surface area contributed by atoms with Crippen LogP contribution in [0, 0.1) is 11.8 Å². The molecule has 11 nitrogen and oxygen atoms in total. The van der Waals surface area contributed by atoms with Gasteiger partial charge in [0, 0.05) is 56.0 Å². The van der Waals surface area contributed by atoms with Gasteiger partial charge in [-0.3, -0.25) is 14.3 Å². The molecular formula is C36H48N6O5Si. The number of methoxy groups -OCH3 is 1. The summed E-state index contributed by atoms with van der Waals surface area (Å²) < 4.78 is 14.5. The van der Waals surface area contributed by atoms with E-state index in [1.54, 1.807) is 22.8 Å². The number of aryl methyl sites for hydroxylation is 1. The fourth-order valence-electron chi connectivity index (χ4n) is 8.23. The smallest absolute Gasteiger partial charge is 0.264 e. The minimum atomic E-state index is -2.33. The summed E-state index contributed by atoms with van der Waals surface area (Å²) >= 11 is 0. The Hall–Kier alpha value is -3.84. The topological polar surface area (TPSA) is 131 Å². The van der Waals surface area contributed by atoms with E-state index in [1.165, 1.54) is 5.19 Å². The Morgan fingerprint density at radius 2 is 2.06 bits per heavy atom. The van der Waals surface area contributed by atoms with Gasteiger partial charge in [0.2, 0.25) is 5.91 Å². The van der Waals surface area contributed by atoms with Crippen molar-refractivity contribution in [2.45, 2.75) is 69.5 Å². The fourth-order valence-corrected chi connectivity index (χ4v) is 12.3. The largest absolute Gasteiger partial charge is 0.497 e. The number of aliphatic hydroxyl groups excluding tert-OH is 1. The van der Waals surface area contributed by atoms with Gasteiger partial charge in [0.15, 0.2) is 5.60 Å². The minimum absolute atomic E-state index is 0.0108. The van der Waals surface area contributed by atoms with E-state index in [-0.39, 0.29) is 41.9 Å². The molecule has 2 fully saturated rings. The monoisotopic (exact) mass is 672 g/mol. The van der Waals surface area contributed by atoms with Gasteiger partial charge in [0.25, 0.3) is 5.91 Å². The van der Waals surface area contributed by atoms with E-state index >= 15 is 0 Å². The lowest BCUT2D eigenvalue weighted by atomic mass is 9.82. The van der Waals surface area contributed by atoms with Crippen molar-refractivity contribution >= 4 is 36.4 Å². The highest BCUT2D eigenvalue weighted by Crippen LogP contribution is 2.60. The normalized spacial score (nSPS) is 25.4. The number of aromatic nitrogens is 3. The maximum atomic E-state index is 14.8. The fraction of sp³-hybridized carbons (Fsp3) is 0.500. The number of piperidine rings is 1. The third-order valence-corrected chi connectivity index (χ3v) is 15.0. The number of carbonyl (C=O) groups is 2. The zero-order chi connectivity index (χ0) is 34.1. The first-order chi connectivity index (χ1) is 23.1. The highest BCUT2D eigenvalue weighted by Gasteiger charge is 2.66. The van der Waals surface area contributed by atoms with Crippen LogP contribution >= 0.6 is 0 Å². The van der Waals surface area contributed by atoms with Gasteiger partial charge < -0.3 is 30.1 Å². The predicted octanol–water partition coefficient (Wildman–Crippen LogP) is 3.60. The molecule has 2 amide bonds. The minimum Gasteiger partial charge on any atom is -0.497 e. The Morgan fingerprint density at radius 3 is 2.75 bits per heavy atom. The Labute approximate surface area is 283 Å². The molecule has 1 aromatic heterocycles. The summed E-state index contributed by atoms with van der Waals surface area (Å²) in [6.07, 6.45) is 6.23. The molecule has 4 heterocycles. The SMILES string of the molecule is C=CCN1C(=O)[C@]2(O[C@H](CCn3cc(CCO)nn3)[C@@H]([Si](C)(C)c3ccc(OC)cc3)[C@@H]2C)c2cc(NC(=O)C3CCCNC3)ccc21. The summed E-state index contributed by atoms with van der Waals surface area (Å²) in [4.78, 5) is 29.8. The summed E-state index contributed by atoms with van der Waals surface area (Å²) in [5.41, 5.74) is 1.80. The number of hydrogen-bond donors (Lipinski definition) is 3. The van der Waals surface area contributed by atoms with E-state index in [9.17, 15) is 14.7 Å². The number of aliphatic hydroxyl groups is 1. The molecule has 3 aliphatic heterocycles. The molecule has 3 aromatic rings. The number of benzene rings is 2. The molecular weight excluding hydrogens is 625 g/mol. The summed E-state index contributed by atoms with van der Waals surface area (Å²) in [7, 11) is -0.660. The molecule has 1 spiro atoms. The summed E-state index contributed by atoms with van der Waals surface area (Å²) in [5, 5.41) is 25.6. The third kappa shape index (κ3) is 6.10. The van der Waals surface area contributed by atoms with Crippen LogP contribution in [-0.4, -0.2) is 79.4 Å². The van der Waals surface area contributed by atoms with E-state index in [2.05, 4.69) is 59.7 Å². The van der Waals surface area contributed by atoms with Gasteiger partial charge in [-0.1, -0.05) is 48.6 Å². The van der Waals surface area contributed by atoms with Gasteiger partial charge in [-0.25, -0.2) is 0 Å². The van der Waals surface area contributed by atoms with Crippen LogP contribution in [-0.2, 0) is 32.9 Å². The van der Waals surface area contributed by atoms with E-state index in [4.69, 9.17) is 9.47 Å². The van der Waals surface area contributed by atoms with Crippen LogP contribution in [0.25, 0.3) is 0 Å². The Bertz CT molecular complexity index is 1640. The van der Waals surface area contributed by atoms with Gasteiger partial charge in [0.1, 0.15) is 5.75 Å². The second-order valence-corrected chi connectivity index (χ2v) is 18.5. The second kappa shape index (κ2) is 13.9. The maximum absolute atomic E-state index is 14.8. The molecule has 3 aliphatic rings. The van der Waals surface area contributed by atoms with Crippen molar-refractivity contribution in [2.24, 2.45) is 11.8 Å². The van der Waals surface area contributed by atoms with E-state index in [0.717, 1.165) is 42.1 Å². The number of ether oxygens (including phenoxy) is 2. The Morgan fingerprint density at radius 1 is 1.27 bits per heavy atom. The van der Waals surface area contributed by atoms with E-state index < -0.39 is 13.7 Å². The van der Waals surface area contributed by atoms with Crippen LogP contribution in [0.3, 0.4) is 0 Å². The molecule has 0 saturated carbocycles. The van der Waals surface area contributed by atoms with Gasteiger partial charge in [-0.05, 0) is 61.7 Å². The first kappa shape index (κ1) is 34.0. The first-order valence-electron chi connectivity index (χ1n) is 17.0. The molecule has 256 valence electrons. The van der Waals surface area contributed by atoms with Gasteiger partial charge in [-0.2, -0.15) is 0 Å². The molecule has 2 saturated heterocycles. The number of nitrogens with zero attached hydrogens (tertiary/aromatic N) is 4. The summed E-state index contributed by atoms with van der Waals surface area (Å²) in [6, 6.07) is 14.1. The molecule has 2 aromatic carbocycles. The molecule has 12 heteroatoms. The number of nitrogens with one attached hydrogen (secondary N) is 2. The molecule has 0 bridgehead atoms. The number of hydrogen-bond acceptors (Lipinski definition) is 8. The third-order valence-electron chi connectivity index (χ3n) is 10.7. The lowest BCUT2D eigenvalue weighted by Gasteiger charge is -2.37. The second-order valence-electron chi connectivity index (χ2n) is 13.9. The number of fused-ring (bicyclic) bond motifs is 2. The number of rotatable bonds is 12. The zero-order valence-corrected chi connectivity index (χ0v) is 29.4. The summed E-state index contributed by atoms with van der Waals surface area (Å²) in [5.74, 6) is 0.419. The highest BCUT2D eigenvalue weighted by molar-refractivity contribution is 6.91. The van der Waals surface area contributed by atoms with Crippen molar-refractivity contribution in [2.75, 3.05) is 43.6 Å². The van der Waals surface area contributed by atoms with Gasteiger partial charge in [-0.15, -0.1) is 11.7 Å². The van der Waals surface area contributed by atoms with Crippen LogP contribution in [0.5, 0.6) is 5.75 Å². The van der Waals surface area contributed by atoms with Crippen molar-refractivity contribution in [1.82, 2.24) is 20.3 Å². The van der Waals surface area contributed by atoms with Gasteiger partial charge >= 0.3 is 0 Å². The maximum Gasteiger partial charge on any atom is 0.264 e. The molecule has 48 heavy (non-hydrogen) atoms. The molecule has 3 N–H and O–H groups in total. The number of anilines is 2. The lowest BCUT2D eigenvalue weighted by Crippen LogP contribution is -2.52. The summed E-state index contributed by atoms with van der Waals surface area (Å²) in [6.45, 7) is 13.3. The average Bonchev–Trinajstić information content (AvgIpc) is 3.74. The van der Waals surface area contributed by atoms with Crippen LogP contribution in [0.4, 0.5) is 11.4 Å².